The first-order valence-corrected chi connectivity index (χ1v) is 13.1. The van der Waals surface area contributed by atoms with Crippen LogP contribution in [0, 0.1) is 47.3 Å². The van der Waals surface area contributed by atoms with Crippen LogP contribution in [0.4, 0.5) is 0 Å². The SMILES string of the molecule is CO[C@@H](C)[C@]12CC[C@@](C)(O)C[C@H]1CC[C@H]1[C@@H]3CC[C@H](C(=O)Cn4nnc(C)n4)[C@@]3(C)CC[C@@H]12. The van der Waals surface area contributed by atoms with Gasteiger partial charge in [0, 0.05) is 18.4 Å². The first-order chi connectivity index (χ1) is 15.6. The van der Waals surface area contributed by atoms with E-state index in [-0.39, 0.29) is 35.2 Å². The molecule has 1 heterocycles. The van der Waals surface area contributed by atoms with E-state index in [1.165, 1.54) is 24.1 Å². The third-order valence-corrected chi connectivity index (χ3v) is 10.9. The predicted molar refractivity (Wildman–Crippen MR) is 124 cm³/mol. The summed E-state index contributed by atoms with van der Waals surface area (Å²) in [6.45, 7) is 8.74. The molecule has 0 radical (unpaired) electrons. The minimum Gasteiger partial charge on any atom is -0.390 e. The number of aliphatic hydroxyl groups is 1. The Morgan fingerprint density at radius 2 is 1.94 bits per heavy atom. The van der Waals surface area contributed by atoms with Crippen molar-refractivity contribution in [2.45, 2.75) is 104 Å². The van der Waals surface area contributed by atoms with Gasteiger partial charge in [-0.2, -0.15) is 4.80 Å². The Morgan fingerprint density at radius 3 is 2.64 bits per heavy atom. The van der Waals surface area contributed by atoms with Crippen molar-refractivity contribution in [3.05, 3.63) is 5.82 Å². The van der Waals surface area contributed by atoms with Crippen LogP contribution >= 0.6 is 0 Å². The third kappa shape index (κ3) is 3.60. The molecule has 0 aromatic carbocycles. The molecular weight excluding hydrogens is 416 g/mol. The number of hydrogen-bond acceptors (Lipinski definition) is 6. The summed E-state index contributed by atoms with van der Waals surface area (Å²) in [5, 5.41) is 23.1. The molecular formula is C26H42N4O3. The van der Waals surface area contributed by atoms with Gasteiger partial charge in [-0.05, 0) is 113 Å². The molecule has 7 heteroatoms. The summed E-state index contributed by atoms with van der Waals surface area (Å²) in [6, 6.07) is 0. The lowest BCUT2D eigenvalue weighted by atomic mass is 9.42. The summed E-state index contributed by atoms with van der Waals surface area (Å²) in [5.41, 5.74) is -0.319. The molecule has 1 aromatic rings. The molecule has 1 aromatic heterocycles. The van der Waals surface area contributed by atoms with E-state index in [1.807, 2.05) is 14.0 Å². The minimum atomic E-state index is -0.545. The van der Waals surface area contributed by atoms with Crippen molar-refractivity contribution in [3.63, 3.8) is 0 Å². The number of hydrogen-bond donors (Lipinski definition) is 1. The topological polar surface area (TPSA) is 90.1 Å². The van der Waals surface area contributed by atoms with Crippen LogP contribution in [0.2, 0.25) is 0 Å². The number of Topliss-reactive ketones (excluding diaryl/α,β-unsaturated/α-hetero) is 1. The lowest BCUT2D eigenvalue weighted by Crippen LogP contribution is -2.60. The van der Waals surface area contributed by atoms with Crippen molar-refractivity contribution in [1.82, 2.24) is 20.2 Å². The number of nitrogens with zero attached hydrogens (tertiary/aromatic N) is 4. The number of fused-ring (bicyclic) bond motifs is 5. The Labute approximate surface area is 198 Å². The molecule has 5 rings (SSSR count). The van der Waals surface area contributed by atoms with Crippen molar-refractivity contribution in [1.29, 1.82) is 0 Å². The average Bonchev–Trinajstić information content (AvgIpc) is 3.34. The number of aryl methyl sites for hydroxylation is 1. The van der Waals surface area contributed by atoms with E-state index in [2.05, 4.69) is 29.3 Å². The first kappa shape index (κ1) is 23.4. The number of ketones is 1. The highest BCUT2D eigenvalue weighted by atomic mass is 16.5. The maximum Gasteiger partial charge on any atom is 0.171 e. The zero-order chi connectivity index (χ0) is 23.6. The van der Waals surface area contributed by atoms with E-state index in [0.717, 1.165) is 38.5 Å². The number of tetrazole rings is 1. The normalized spacial score (nSPS) is 45.7. The summed E-state index contributed by atoms with van der Waals surface area (Å²) in [4.78, 5) is 14.9. The van der Waals surface area contributed by atoms with E-state index >= 15 is 0 Å². The molecule has 4 aliphatic rings. The fourth-order valence-electron chi connectivity index (χ4n) is 9.35. The van der Waals surface area contributed by atoms with Gasteiger partial charge in [0.1, 0.15) is 6.54 Å². The second-order valence-electron chi connectivity index (χ2n) is 12.4. The van der Waals surface area contributed by atoms with Crippen LogP contribution < -0.4 is 0 Å². The van der Waals surface area contributed by atoms with E-state index in [1.54, 1.807) is 6.92 Å². The molecule has 1 N–H and O–H groups in total. The molecule has 4 fully saturated rings. The Bertz CT molecular complexity index is 900. The summed E-state index contributed by atoms with van der Waals surface area (Å²) in [6.07, 6.45) is 9.87. The average molecular weight is 459 g/mol. The number of rotatable bonds is 5. The van der Waals surface area contributed by atoms with Gasteiger partial charge in [-0.3, -0.25) is 4.79 Å². The van der Waals surface area contributed by atoms with Crippen LogP contribution in [-0.2, 0) is 16.1 Å². The van der Waals surface area contributed by atoms with Crippen LogP contribution in [0.5, 0.6) is 0 Å². The summed E-state index contributed by atoms with van der Waals surface area (Å²) in [5.74, 6) is 3.40. The highest BCUT2D eigenvalue weighted by Crippen LogP contribution is 2.69. The number of aromatic nitrogens is 4. The molecule has 0 amide bonds. The van der Waals surface area contributed by atoms with Crippen LogP contribution in [0.1, 0.15) is 84.4 Å². The van der Waals surface area contributed by atoms with Gasteiger partial charge < -0.3 is 9.84 Å². The zero-order valence-electron chi connectivity index (χ0n) is 21.1. The van der Waals surface area contributed by atoms with Crippen LogP contribution in [0.3, 0.4) is 0 Å². The van der Waals surface area contributed by atoms with Gasteiger partial charge in [-0.25, -0.2) is 0 Å². The van der Waals surface area contributed by atoms with Crippen molar-refractivity contribution >= 4 is 5.78 Å². The van der Waals surface area contributed by atoms with Crippen LogP contribution in [0.25, 0.3) is 0 Å². The Kier molecular flexibility index (Phi) is 5.75. The molecule has 0 bridgehead atoms. The molecule has 9 atom stereocenters. The Morgan fingerprint density at radius 1 is 1.15 bits per heavy atom. The van der Waals surface area contributed by atoms with Gasteiger partial charge in [-0.15, -0.1) is 10.2 Å². The van der Waals surface area contributed by atoms with E-state index in [4.69, 9.17) is 4.74 Å². The predicted octanol–water partition coefficient (Wildman–Crippen LogP) is 3.98. The van der Waals surface area contributed by atoms with Gasteiger partial charge >= 0.3 is 0 Å². The largest absolute Gasteiger partial charge is 0.390 e. The van der Waals surface area contributed by atoms with Gasteiger partial charge in [-0.1, -0.05) is 6.92 Å². The molecule has 184 valence electrons. The number of carbonyl (C=O) groups is 1. The zero-order valence-corrected chi connectivity index (χ0v) is 21.1. The highest BCUT2D eigenvalue weighted by Gasteiger charge is 2.64. The fourth-order valence-corrected chi connectivity index (χ4v) is 9.35. The Hall–Kier alpha value is -1.34. The number of carbonyl (C=O) groups excluding carboxylic acids is 1. The third-order valence-electron chi connectivity index (χ3n) is 10.9. The summed E-state index contributed by atoms with van der Waals surface area (Å²) >= 11 is 0. The van der Waals surface area contributed by atoms with Crippen molar-refractivity contribution in [3.8, 4) is 0 Å². The monoisotopic (exact) mass is 458 g/mol. The lowest BCUT2D eigenvalue weighted by molar-refractivity contribution is -0.199. The van der Waals surface area contributed by atoms with Crippen molar-refractivity contribution in [2.24, 2.45) is 40.4 Å². The molecule has 0 unspecified atom stereocenters. The first-order valence-electron chi connectivity index (χ1n) is 13.1. The van der Waals surface area contributed by atoms with Crippen LogP contribution in [-0.4, -0.2) is 49.9 Å². The second kappa shape index (κ2) is 8.11. The quantitative estimate of drug-likeness (QED) is 0.718. The fraction of sp³-hybridized carbons (Fsp3) is 0.923. The van der Waals surface area contributed by atoms with Crippen molar-refractivity contribution < 1.29 is 14.6 Å². The Balaban J connectivity index is 1.40. The molecule has 0 saturated heterocycles. The van der Waals surface area contributed by atoms with E-state index in [9.17, 15) is 9.90 Å². The maximum atomic E-state index is 13.4. The van der Waals surface area contributed by atoms with Gasteiger partial charge in [0.15, 0.2) is 11.6 Å². The highest BCUT2D eigenvalue weighted by molar-refractivity contribution is 5.82. The molecule has 0 spiro atoms. The van der Waals surface area contributed by atoms with E-state index < -0.39 is 5.60 Å². The smallest absolute Gasteiger partial charge is 0.171 e. The molecule has 4 aliphatic carbocycles. The van der Waals surface area contributed by atoms with Gasteiger partial charge in [0.2, 0.25) is 0 Å². The van der Waals surface area contributed by atoms with Gasteiger partial charge in [0.25, 0.3) is 0 Å². The molecule has 7 nitrogen and oxygen atoms in total. The standard InChI is InChI=1S/C26H42N4O3/c1-16(33-5)26-13-12-24(3,32)14-18(26)6-7-19-20-8-9-22(25(20,4)11-10-21(19)26)23(31)15-30-28-17(2)27-29-30/h16,18-22,32H,6-15H2,1-5H3/t16-,18+,19-,20-,21-,22+,24+,25-,26+/m0/s1. The molecule has 33 heavy (non-hydrogen) atoms. The maximum absolute atomic E-state index is 13.4. The van der Waals surface area contributed by atoms with Crippen molar-refractivity contribution in [2.75, 3.05) is 7.11 Å². The minimum absolute atomic E-state index is 0.0678. The summed E-state index contributed by atoms with van der Waals surface area (Å²) in [7, 11) is 1.87. The lowest BCUT2D eigenvalue weighted by Gasteiger charge is -2.64. The van der Waals surface area contributed by atoms with Crippen LogP contribution in [0.15, 0.2) is 0 Å². The van der Waals surface area contributed by atoms with Gasteiger partial charge in [0.05, 0.1) is 11.7 Å². The van der Waals surface area contributed by atoms with E-state index in [0.29, 0.717) is 29.5 Å². The molecule has 0 aliphatic heterocycles. The number of ether oxygens (including phenoxy) is 1. The summed E-state index contributed by atoms with van der Waals surface area (Å²) < 4.78 is 6.07. The number of methoxy groups -OCH3 is 1. The second-order valence-corrected chi connectivity index (χ2v) is 12.4. The molecule has 4 saturated carbocycles.